The Labute approximate surface area is 163 Å². The number of anilines is 1. The molecule has 27 heavy (non-hydrogen) atoms. The van der Waals surface area contributed by atoms with Crippen molar-refractivity contribution in [3.8, 4) is 0 Å². The maximum atomic E-state index is 12.6. The van der Waals surface area contributed by atoms with Crippen molar-refractivity contribution in [3.63, 3.8) is 0 Å². The van der Waals surface area contributed by atoms with Gasteiger partial charge in [0.15, 0.2) is 5.13 Å². The third-order valence-corrected chi connectivity index (χ3v) is 5.23. The molecule has 1 aromatic carbocycles. The topological polar surface area (TPSA) is 71.5 Å². The Morgan fingerprint density at radius 2 is 2.00 bits per heavy atom. The summed E-state index contributed by atoms with van der Waals surface area (Å²) in [5, 5.41) is 3.46. The van der Waals surface area contributed by atoms with E-state index >= 15 is 0 Å². The number of aryl methyl sites for hydroxylation is 2. The van der Waals surface area contributed by atoms with Crippen LogP contribution in [0.4, 0.5) is 9.93 Å². The molecule has 0 spiro atoms. The summed E-state index contributed by atoms with van der Waals surface area (Å²) in [6, 6.07) is 5.74. The number of carbonyl (C=O) groups is 2. The molecule has 1 N–H and O–H groups in total. The molecule has 0 unspecified atom stereocenters. The van der Waals surface area contributed by atoms with Gasteiger partial charge in [0, 0.05) is 23.4 Å². The Kier molecular flexibility index (Phi) is 5.24. The minimum absolute atomic E-state index is 0.164. The van der Waals surface area contributed by atoms with Gasteiger partial charge >= 0.3 is 6.09 Å². The number of nitrogens with zero attached hydrogens (tertiary/aromatic N) is 2. The molecule has 1 aromatic heterocycles. The number of fused-ring (bicyclic) bond motifs is 1. The second-order valence-corrected chi connectivity index (χ2v) is 8.90. The second-order valence-electron chi connectivity index (χ2n) is 7.81. The van der Waals surface area contributed by atoms with Crippen LogP contribution in [0.15, 0.2) is 18.2 Å². The van der Waals surface area contributed by atoms with Crippen LogP contribution in [-0.2, 0) is 17.7 Å². The fourth-order valence-corrected chi connectivity index (χ4v) is 3.98. The van der Waals surface area contributed by atoms with Crippen LogP contribution < -0.4 is 5.32 Å². The van der Waals surface area contributed by atoms with E-state index in [-0.39, 0.29) is 12.0 Å². The molecule has 2 amide bonds. The number of aromatic nitrogens is 1. The molecule has 2 heterocycles. The molecule has 0 radical (unpaired) electrons. The number of rotatable bonds is 2. The summed E-state index contributed by atoms with van der Waals surface area (Å²) in [6.07, 6.45) is 0.340. The molecular formula is C20H25N3O3S. The van der Waals surface area contributed by atoms with E-state index in [1.165, 1.54) is 11.3 Å². The molecule has 0 fully saturated rings. The lowest BCUT2D eigenvalue weighted by Gasteiger charge is -2.29. The standard InChI is InChI=1S/C20H25N3O3S/c1-12-6-7-14(13(2)10-12)17(24)22-18-21-15-8-9-23(11-16(15)27-18)19(25)26-20(3,4)5/h6-7,10H,8-9,11H2,1-5H3,(H,21,22,24). The van der Waals surface area contributed by atoms with Crippen molar-refractivity contribution < 1.29 is 14.3 Å². The molecule has 0 bridgehead atoms. The second kappa shape index (κ2) is 7.31. The van der Waals surface area contributed by atoms with E-state index in [0.717, 1.165) is 21.7 Å². The maximum absolute atomic E-state index is 12.6. The summed E-state index contributed by atoms with van der Waals surface area (Å²) >= 11 is 1.41. The first-order chi connectivity index (χ1) is 12.6. The molecule has 0 saturated carbocycles. The number of nitrogens with one attached hydrogen (secondary N) is 1. The predicted octanol–water partition coefficient (Wildman–Crippen LogP) is 4.31. The first-order valence-corrected chi connectivity index (χ1v) is 9.79. The van der Waals surface area contributed by atoms with Gasteiger partial charge < -0.3 is 9.64 Å². The predicted molar refractivity (Wildman–Crippen MR) is 106 cm³/mol. The van der Waals surface area contributed by atoms with Gasteiger partial charge in [-0.2, -0.15) is 0 Å². The Balaban J connectivity index is 1.69. The van der Waals surface area contributed by atoms with E-state index in [9.17, 15) is 9.59 Å². The van der Waals surface area contributed by atoms with Crippen molar-refractivity contribution >= 4 is 28.5 Å². The zero-order valence-electron chi connectivity index (χ0n) is 16.4. The van der Waals surface area contributed by atoms with Gasteiger partial charge in [-0.15, -0.1) is 0 Å². The number of carbonyl (C=O) groups excluding carboxylic acids is 2. The van der Waals surface area contributed by atoms with Crippen LogP contribution >= 0.6 is 11.3 Å². The third-order valence-electron chi connectivity index (χ3n) is 4.23. The van der Waals surface area contributed by atoms with E-state index in [1.807, 2.05) is 52.8 Å². The molecule has 6 nitrogen and oxygen atoms in total. The number of benzene rings is 1. The van der Waals surface area contributed by atoms with Gasteiger partial charge in [0.25, 0.3) is 5.91 Å². The van der Waals surface area contributed by atoms with Gasteiger partial charge in [-0.1, -0.05) is 29.0 Å². The molecule has 1 aliphatic heterocycles. The minimum atomic E-state index is -0.518. The third kappa shape index (κ3) is 4.66. The lowest BCUT2D eigenvalue weighted by atomic mass is 10.1. The fraction of sp³-hybridized carbons (Fsp3) is 0.450. The largest absolute Gasteiger partial charge is 0.444 e. The van der Waals surface area contributed by atoms with E-state index in [0.29, 0.717) is 30.2 Å². The molecular weight excluding hydrogens is 362 g/mol. The summed E-state index contributed by atoms with van der Waals surface area (Å²) in [7, 11) is 0. The highest BCUT2D eigenvalue weighted by Gasteiger charge is 2.28. The van der Waals surface area contributed by atoms with Crippen LogP contribution in [-0.4, -0.2) is 34.0 Å². The SMILES string of the molecule is Cc1ccc(C(=O)Nc2nc3c(s2)CN(C(=O)OC(C)(C)C)CC3)c(C)c1. The Hall–Kier alpha value is -2.41. The number of thiazole rings is 1. The van der Waals surface area contributed by atoms with Gasteiger partial charge in [0.05, 0.1) is 12.2 Å². The van der Waals surface area contributed by atoms with Gasteiger partial charge in [-0.25, -0.2) is 9.78 Å². The smallest absolute Gasteiger partial charge is 0.410 e. The summed E-state index contributed by atoms with van der Waals surface area (Å²) < 4.78 is 5.45. The Morgan fingerprint density at radius 1 is 1.26 bits per heavy atom. The lowest BCUT2D eigenvalue weighted by molar-refractivity contribution is 0.0225. The maximum Gasteiger partial charge on any atom is 0.410 e. The normalized spacial score (nSPS) is 13.9. The van der Waals surface area contributed by atoms with Crippen LogP contribution in [0.1, 0.15) is 52.8 Å². The van der Waals surface area contributed by atoms with Crippen molar-refractivity contribution in [1.29, 1.82) is 0 Å². The van der Waals surface area contributed by atoms with E-state index < -0.39 is 5.60 Å². The Morgan fingerprint density at radius 3 is 2.67 bits per heavy atom. The van der Waals surface area contributed by atoms with Crippen molar-refractivity contribution in [3.05, 3.63) is 45.5 Å². The zero-order valence-corrected chi connectivity index (χ0v) is 17.2. The van der Waals surface area contributed by atoms with Gasteiger partial charge in [0.2, 0.25) is 0 Å². The highest BCUT2D eigenvalue weighted by molar-refractivity contribution is 7.15. The van der Waals surface area contributed by atoms with Crippen molar-refractivity contribution in [1.82, 2.24) is 9.88 Å². The molecule has 3 rings (SSSR count). The minimum Gasteiger partial charge on any atom is -0.444 e. The monoisotopic (exact) mass is 387 g/mol. The number of amides is 2. The first kappa shape index (κ1) is 19.4. The lowest BCUT2D eigenvalue weighted by Crippen LogP contribution is -2.39. The molecule has 2 aromatic rings. The first-order valence-electron chi connectivity index (χ1n) is 8.97. The summed E-state index contributed by atoms with van der Waals surface area (Å²) in [4.78, 5) is 32.0. The van der Waals surface area contributed by atoms with Crippen LogP contribution in [0.25, 0.3) is 0 Å². The Bertz CT molecular complexity index is 883. The van der Waals surface area contributed by atoms with Crippen molar-refractivity contribution in [2.75, 3.05) is 11.9 Å². The van der Waals surface area contributed by atoms with Gasteiger partial charge in [-0.3, -0.25) is 10.1 Å². The van der Waals surface area contributed by atoms with Crippen LogP contribution in [0.2, 0.25) is 0 Å². The van der Waals surface area contributed by atoms with E-state index in [1.54, 1.807) is 4.90 Å². The van der Waals surface area contributed by atoms with Crippen molar-refractivity contribution in [2.45, 2.75) is 53.2 Å². The van der Waals surface area contributed by atoms with Crippen molar-refractivity contribution in [2.24, 2.45) is 0 Å². The molecule has 144 valence electrons. The average molecular weight is 388 g/mol. The highest BCUT2D eigenvalue weighted by atomic mass is 32.1. The summed E-state index contributed by atoms with van der Waals surface area (Å²) in [5.41, 5.74) is 3.12. The van der Waals surface area contributed by atoms with E-state index in [4.69, 9.17) is 4.74 Å². The quantitative estimate of drug-likeness (QED) is 0.834. The molecule has 7 heteroatoms. The molecule has 1 aliphatic rings. The van der Waals surface area contributed by atoms with Crippen LogP contribution in [0, 0.1) is 13.8 Å². The highest BCUT2D eigenvalue weighted by Crippen LogP contribution is 2.29. The average Bonchev–Trinajstić information content (AvgIpc) is 2.94. The number of ether oxygens (including phenoxy) is 1. The molecule has 0 atom stereocenters. The van der Waals surface area contributed by atoms with Crippen LogP contribution in [0.3, 0.4) is 0 Å². The summed E-state index contributed by atoms with van der Waals surface area (Å²) in [5.74, 6) is -0.164. The fourth-order valence-electron chi connectivity index (χ4n) is 2.96. The summed E-state index contributed by atoms with van der Waals surface area (Å²) in [6.45, 7) is 10.5. The molecule has 0 saturated heterocycles. The van der Waals surface area contributed by atoms with Gasteiger partial charge in [0.1, 0.15) is 5.60 Å². The zero-order chi connectivity index (χ0) is 19.8. The number of hydrogen-bond acceptors (Lipinski definition) is 5. The molecule has 0 aliphatic carbocycles. The van der Waals surface area contributed by atoms with E-state index in [2.05, 4.69) is 10.3 Å². The van der Waals surface area contributed by atoms with Gasteiger partial charge in [-0.05, 0) is 46.2 Å². The number of hydrogen-bond donors (Lipinski definition) is 1. The van der Waals surface area contributed by atoms with Crippen LogP contribution in [0.5, 0.6) is 0 Å².